The number of phenolic OH excluding ortho intramolecular Hbond substituents is 1. The van der Waals surface area contributed by atoms with E-state index in [2.05, 4.69) is 5.32 Å². The largest absolute Gasteiger partial charge is 0.508 e. The van der Waals surface area contributed by atoms with Crippen molar-refractivity contribution in [3.8, 4) is 5.75 Å². The van der Waals surface area contributed by atoms with Crippen molar-refractivity contribution in [1.29, 1.82) is 0 Å². The molecule has 114 valence electrons. The molecule has 0 aliphatic heterocycles. The number of ether oxygens (including phenoxy) is 1. The van der Waals surface area contributed by atoms with E-state index >= 15 is 0 Å². The van der Waals surface area contributed by atoms with Crippen LogP contribution in [0.3, 0.4) is 0 Å². The molecule has 0 unspecified atom stereocenters. The fourth-order valence-corrected chi connectivity index (χ4v) is 1.71. The summed E-state index contributed by atoms with van der Waals surface area (Å²) in [6, 6.07) is 11.2. The zero-order chi connectivity index (χ0) is 16.1. The Morgan fingerprint density at radius 2 is 1.91 bits per heavy atom. The van der Waals surface area contributed by atoms with E-state index in [4.69, 9.17) is 4.74 Å². The third-order valence-electron chi connectivity index (χ3n) is 2.87. The number of carbonyl (C=O) groups excluding carboxylic acids is 2. The van der Waals surface area contributed by atoms with Gasteiger partial charge in [0.2, 0.25) is 0 Å². The highest BCUT2D eigenvalue weighted by Gasteiger charge is 2.20. The molecule has 6 heteroatoms. The van der Waals surface area contributed by atoms with E-state index in [1.807, 2.05) is 0 Å². The molecule has 0 aliphatic rings. The molecule has 0 bridgehead atoms. The topological polar surface area (TPSA) is 75.6 Å². The van der Waals surface area contributed by atoms with Crippen molar-refractivity contribution in [2.45, 2.75) is 13.0 Å². The van der Waals surface area contributed by atoms with E-state index in [0.29, 0.717) is 0 Å². The van der Waals surface area contributed by atoms with Gasteiger partial charge in [0, 0.05) is 0 Å². The Labute approximate surface area is 126 Å². The lowest BCUT2D eigenvalue weighted by Gasteiger charge is -2.14. The average Bonchev–Trinajstić information content (AvgIpc) is 2.49. The molecule has 0 heterocycles. The summed E-state index contributed by atoms with van der Waals surface area (Å²) in [6.07, 6.45) is -1.12. The lowest BCUT2D eigenvalue weighted by atomic mass is 10.2. The highest BCUT2D eigenvalue weighted by molar-refractivity contribution is 5.97. The van der Waals surface area contributed by atoms with Crippen LogP contribution in [0.4, 0.5) is 10.1 Å². The summed E-state index contributed by atoms with van der Waals surface area (Å²) >= 11 is 0. The maximum atomic E-state index is 13.4. The van der Waals surface area contributed by atoms with Crippen molar-refractivity contribution in [3.63, 3.8) is 0 Å². The summed E-state index contributed by atoms with van der Waals surface area (Å²) in [5.41, 5.74) is 0.123. The van der Waals surface area contributed by atoms with Crippen molar-refractivity contribution in [3.05, 3.63) is 59.9 Å². The van der Waals surface area contributed by atoms with Crippen LogP contribution in [-0.2, 0) is 9.53 Å². The standard InChI is InChI=1S/C16H14FNO4/c1-10(15(20)18-14-8-3-2-7-13(14)17)22-16(21)11-5-4-6-12(19)9-11/h2-10,19H,1H3,(H,18,20)/t10-/m1/s1. The first-order valence-corrected chi connectivity index (χ1v) is 6.53. The molecule has 22 heavy (non-hydrogen) atoms. The average molecular weight is 303 g/mol. The number of carbonyl (C=O) groups is 2. The molecule has 2 N–H and O–H groups in total. The number of esters is 1. The molecular weight excluding hydrogens is 289 g/mol. The Morgan fingerprint density at radius 3 is 2.59 bits per heavy atom. The molecular formula is C16H14FNO4. The van der Waals surface area contributed by atoms with Gasteiger partial charge in [-0.15, -0.1) is 0 Å². The lowest BCUT2D eigenvalue weighted by molar-refractivity contribution is -0.123. The van der Waals surface area contributed by atoms with Crippen LogP contribution < -0.4 is 5.32 Å². The van der Waals surface area contributed by atoms with Crippen molar-refractivity contribution in [2.24, 2.45) is 0 Å². The number of rotatable bonds is 4. The first-order chi connectivity index (χ1) is 10.5. The van der Waals surface area contributed by atoms with Gasteiger partial charge in [0.25, 0.3) is 5.91 Å². The Balaban J connectivity index is 1.99. The van der Waals surface area contributed by atoms with Crippen molar-refractivity contribution < 1.29 is 23.8 Å². The van der Waals surface area contributed by atoms with Gasteiger partial charge in [-0.05, 0) is 37.3 Å². The number of hydrogen-bond acceptors (Lipinski definition) is 4. The molecule has 1 amide bonds. The Hall–Kier alpha value is -2.89. The van der Waals surface area contributed by atoms with Crippen LogP contribution >= 0.6 is 0 Å². The molecule has 0 fully saturated rings. The number of anilines is 1. The Kier molecular flexibility index (Phi) is 4.73. The number of benzene rings is 2. The van der Waals surface area contributed by atoms with E-state index in [1.165, 1.54) is 49.4 Å². The third kappa shape index (κ3) is 3.82. The minimum atomic E-state index is -1.12. The summed E-state index contributed by atoms with van der Waals surface area (Å²) in [6.45, 7) is 1.37. The second kappa shape index (κ2) is 6.71. The van der Waals surface area contributed by atoms with Crippen LogP contribution in [0.15, 0.2) is 48.5 Å². The van der Waals surface area contributed by atoms with Crippen molar-refractivity contribution >= 4 is 17.6 Å². The van der Waals surface area contributed by atoms with Crippen LogP contribution in [-0.4, -0.2) is 23.1 Å². The molecule has 0 saturated heterocycles. The highest BCUT2D eigenvalue weighted by Crippen LogP contribution is 2.15. The Morgan fingerprint density at radius 1 is 1.18 bits per heavy atom. The van der Waals surface area contributed by atoms with Crippen molar-refractivity contribution in [2.75, 3.05) is 5.32 Å². The molecule has 5 nitrogen and oxygen atoms in total. The van der Waals surface area contributed by atoms with Gasteiger partial charge in [-0.2, -0.15) is 0 Å². The number of nitrogens with one attached hydrogen (secondary N) is 1. The first kappa shape index (κ1) is 15.5. The zero-order valence-electron chi connectivity index (χ0n) is 11.7. The molecule has 0 radical (unpaired) electrons. The minimum Gasteiger partial charge on any atom is -0.508 e. The number of aromatic hydroxyl groups is 1. The number of hydrogen-bond donors (Lipinski definition) is 2. The number of phenols is 1. The summed E-state index contributed by atoms with van der Waals surface area (Å²) < 4.78 is 18.4. The molecule has 2 rings (SSSR count). The fourth-order valence-electron chi connectivity index (χ4n) is 1.71. The second-order valence-corrected chi connectivity index (χ2v) is 4.57. The van der Waals surface area contributed by atoms with Crippen LogP contribution in [0.1, 0.15) is 17.3 Å². The molecule has 0 spiro atoms. The van der Waals surface area contributed by atoms with E-state index in [9.17, 15) is 19.1 Å². The Bertz CT molecular complexity index is 702. The summed E-state index contributed by atoms with van der Waals surface area (Å²) in [4.78, 5) is 23.7. The summed E-state index contributed by atoms with van der Waals surface area (Å²) in [5, 5.41) is 11.6. The van der Waals surface area contributed by atoms with E-state index < -0.39 is 23.8 Å². The second-order valence-electron chi connectivity index (χ2n) is 4.57. The quantitative estimate of drug-likeness (QED) is 0.852. The van der Waals surface area contributed by atoms with E-state index in [1.54, 1.807) is 6.07 Å². The predicted octanol–water partition coefficient (Wildman–Crippen LogP) is 2.72. The zero-order valence-corrected chi connectivity index (χ0v) is 11.7. The summed E-state index contributed by atoms with van der Waals surface area (Å²) in [7, 11) is 0. The van der Waals surface area contributed by atoms with Gasteiger partial charge in [0.05, 0.1) is 11.3 Å². The van der Waals surface area contributed by atoms with Gasteiger partial charge in [0.15, 0.2) is 6.10 Å². The van der Waals surface area contributed by atoms with Crippen LogP contribution in [0, 0.1) is 5.82 Å². The number of para-hydroxylation sites is 1. The highest BCUT2D eigenvalue weighted by atomic mass is 19.1. The van der Waals surface area contributed by atoms with Crippen LogP contribution in [0.5, 0.6) is 5.75 Å². The van der Waals surface area contributed by atoms with E-state index in [0.717, 1.165) is 0 Å². The molecule has 0 saturated carbocycles. The van der Waals surface area contributed by atoms with Gasteiger partial charge in [-0.25, -0.2) is 9.18 Å². The van der Waals surface area contributed by atoms with Gasteiger partial charge in [-0.3, -0.25) is 4.79 Å². The molecule has 1 atom stereocenters. The molecule has 2 aromatic carbocycles. The van der Waals surface area contributed by atoms with Gasteiger partial charge in [0.1, 0.15) is 11.6 Å². The normalized spacial score (nSPS) is 11.5. The maximum absolute atomic E-state index is 13.4. The van der Waals surface area contributed by atoms with Gasteiger partial charge < -0.3 is 15.2 Å². The number of halogens is 1. The fraction of sp³-hybridized carbons (Fsp3) is 0.125. The van der Waals surface area contributed by atoms with Crippen LogP contribution in [0.25, 0.3) is 0 Å². The smallest absolute Gasteiger partial charge is 0.339 e. The first-order valence-electron chi connectivity index (χ1n) is 6.53. The molecule has 0 aliphatic carbocycles. The van der Waals surface area contributed by atoms with Gasteiger partial charge >= 0.3 is 5.97 Å². The monoisotopic (exact) mass is 303 g/mol. The van der Waals surface area contributed by atoms with E-state index in [-0.39, 0.29) is 17.0 Å². The number of amides is 1. The van der Waals surface area contributed by atoms with Gasteiger partial charge in [-0.1, -0.05) is 18.2 Å². The SMILES string of the molecule is C[C@@H](OC(=O)c1cccc(O)c1)C(=O)Nc1ccccc1F. The van der Waals surface area contributed by atoms with Crippen molar-refractivity contribution in [1.82, 2.24) is 0 Å². The third-order valence-corrected chi connectivity index (χ3v) is 2.87. The molecule has 2 aromatic rings. The predicted molar refractivity (Wildman–Crippen MR) is 78.0 cm³/mol. The lowest BCUT2D eigenvalue weighted by Crippen LogP contribution is -2.30. The molecule has 0 aromatic heterocycles. The van der Waals surface area contributed by atoms with Crippen LogP contribution in [0.2, 0.25) is 0 Å². The maximum Gasteiger partial charge on any atom is 0.339 e. The summed E-state index contributed by atoms with van der Waals surface area (Å²) in [5.74, 6) is -2.08. The minimum absolute atomic E-state index is 0.00718.